The minimum Gasteiger partial charge on any atom is -0.426 e. The molecule has 2 aliphatic carbocycles. The Bertz CT molecular complexity index is 766. The first-order valence-corrected chi connectivity index (χ1v) is 11.2. The Labute approximate surface area is 173 Å². The summed E-state index contributed by atoms with van der Waals surface area (Å²) >= 11 is 0. The number of nitriles is 1. The lowest BCUT2D eigenvalue weighted by molar-refractivity contribution is -0.153. The third kappa shape index (κ3) is 5.07. The summed E-state index contributed by atoms with van der Waals surface area (Å²) in [7, 11) is 0. The smallest absolute Gasteiger partial charge is 0.317 e. The maximum atomic E-state index is 13.9. The number of ether oxygens (including phenoxy) is 1. The Balaban J connectivity index is 1.71. The molecule has 0 N–H and O–H groups in total. The standard InChI is InChI=1S/C25H32FNO2/c1-2-3-5-8-19-9-12-21(13-10-19)25(15-6-4-7-16-25)24(28)29-22-14-11-20(18-27)23(26)17-22/h5,8,11,14,17,19,21H,2-4,6-7,9-10,12-13,15-16H2,1H3/b8-5+. The van der Waals surface area contributed by atoms with E-state index in [1.54, 1.807) is 6.07 Å². The predicted molar refractivity (Wildman–Crippen MR) is 112 cm³/mol. The highest BCUT2D eigenvalue weighted by Crippen LogP contribution is 2.50. The molecule has 29 heavy (non-hydrogen) atoms. The van der Waals surface area contributed by atoms with Crippen LogP contribution < -0.4 is 4.74 Å². The molecule has 0 amide bonds. The molecule has 2 fully saturated rings. The van der Waals surface area contributed by atoms with Gasteiger partial charge in [-0.3, -0.25) is 4.79 Å². The fourth-order valence-corrected chi connectivity index (χ4v) is 5.14. The third-order valence-corrected chi connectivity index (χ3v) is 6.84. The van der Waals surface area contributed by atoms with E-state index < -0.39 is 11.2 Å². The van der Waals surface area contributed by atoms with Crippen molar-refractivity contribution in [1.29, 1.82) is 5.26 Å². The first-order valence-electron chi connectivity index (χ1n) is 11.2. The average Bonchev–Trinajstić information content (AvgIpc) is 2.75. The van der Waals surface area contributed by atoms with Crippen LogP contribution in [0.2, 0.25) is 0 Å². The van der Waals surface area contributed by atoms with Gasteiger partial charge in [-0.15, -0.1) is 0 Å². The maximum Gasteiger partial charge on any atom is 0.317 e. The summed E-state index contributed by atoms with van der Waals surface area (Å²) in [5.74, 6) is 0.324. The lowest BCUT2D eigenvalue weighted by Crippen LogP contribution is -2.44. The van der Waals surface area contributed by atoms with Gasteiger partial charge in [0.05, 0.1) is 11.0 Å². The molecule has 4 heteroatoms. The molecule has 0 heterocycles. The van der Waals surface area contributed by atoms with Crippen molar-refractivity contribution >= 4 is 5.97 Å². The number of hydrogen-bond acceptors (Lipinski definition) is 3. The monoisotopic (exact) mass is 397 g/mol. The van der Waals surface area contributed by atoms with Crippen LogP contribution in [0.3, 0.4) is 0 Å². The fourth-order valence-electron chi connectivity index (χ4n) is 5.14. The zero-order valence-corrected chi connectivity index (χ0v) is 17.5. The van der Waals surface area contributed by atoms with Crippen LogP contribution in [-0.4, -0.2) is 5.97 Å². The van der Waals surface area contributed by atoms with Crippen LogP contribution in [0.15, 0.2) is 30.4 Å². The van der Waals surface area contributed by atoms with Gasteiger partial charge >= 0.3 is 5.97 Å². The Morgan fingerprint density at radius 2 is 1.97 bits per heavy atom. The van der Waals surface area contributed by atoms with Gasteiger partial charge in [0.1, 0.15) is 17.6 Å². The van der Waals surface area contributed by atoms with Crippen LogP contribution >= 0.6 is 0 Å². The van der Waals surface area contributed by atoms with E-state index in [1.807, 2.05) is 0 Å². The Kier molecular flexibility index (Phi) is 7.47. The van der Waals surface area contributed by atoms with Crippen molar-refractivity contribution < 1.29 is 13.9 Å². The average molecular weight is 398 g/mol. The molecule has 2 saturated carbocycles. The van der Waals surface area contributed by atoms with Crippen molar-refractivity contribution in [3.8, 4) is 11.8 Å². The number of unbranched alkanes of at least 4 members (excludes halogenated alkanes) is 1. The van der Waals surface area contributed by atoms with E-state index in [4.69, 9.17) is 10.00 Å². The van der Waals surface area contributed by atoms with Crippen molar-refractivity contribution in [3.05, 3.63) is 41.7 Å². The van der Waals surface area contributed by atoms with Crippen molar-refractivity contribution in [1.82, 2.24) is 0 Å². The van der Waals surface area contributed by atoms with Crippen molar-refractivity contribution in [2.45, 2.75) is 77.6 Å². The van der Waals surface area contributed by atoms with E-state index in [0.717, 1.165) is 70.3 Å². The summed E-state index contributed by atoms with van der Waals surface area (Å²) in [5.41, 5.74) is -0.479. The minimum absolute atomic E-state index is 0.0355. The zero-order valence-electron chi connectivity index (χ0n) is 17.5. The van der Waals surface area contributed by atoms with Crippen LogP contribution in [0.25, 0.3) is 0 Å². The highest BCUT2D eigenvalue weighted by atomic mass is 19.1. The third-order valence-electron chi connectivity index (χ3n) is 6.84. The first kappa shape index (κ1) is 21.6. The number of carbonyl (C=O) groups excluding carboxylic acids is 1. The molecule has 1 aromatic rings. The first-order chi connectivity index (χ1) is 14.1. The van der Waals surface area contributed by atoms with Crippen LogP contribution in [0.4, 0.5) is 4.39 Å². The molecule has 0 atom stereocenters. The van der Waals surface area contributed by atoms with Crippen LogP contribution in [-0.2, 0) is 4.79 Å². The number of nitrogens with zero attached hydrogens (tertiary/aromatic N) is 1. The quantitative estimate of drug-likeness (QED) is 0.304. The summed E-state index contributed by atoms with van der Waals surface area (Å²) < 4.78 is 19.6. The summed E-state index contributed by atoms with van der Waals surface area (Å²) in [6, 6.07) is 5.85. The predicted octanol–water partition coefficient (Wildman–Crippen LogP) is 6.72. The molecule has 3 nitrogen and oxygen atoms in total. The van der Waals surface area contributed by atoms with E-state index in [9.17, 15) is 9.18 Å². The van der Waals surface area contributed by atoms with Crippen molar-refractivity contribution in [2.24, 2.45) is 17.3 Å². The van der Waals surface area contributed by atoms with Crippen molar-refractivity contribution in [2.75, 3.05) is 0 Å². The number of benzene rings is 1. The Hall–Kier alpha value is -2.15. The van der Waals surface area contributed by atoms with E-state index in [1.165, 1.54) is 18.6 Å². The minimum atomic E-state index is -0.644. The van der Waals surface area contributed by atoms with Gasteiger partial charge in [0.15, 0.2) is 0 Å². The molecule has 2 aliphatic rings. The highest BCUT2D eigenvalue weighted by Gasteiger charge is 2.48. The van der Waals surface area contributed by atoms with Gasteiger partial charge in [0, 0.05) is 6.07 Å². The van der Waals surface area contributed by atoms with E-state index >= 15 is 0 Å². The lowest BCUT2D eigenvalue weighted by atomic mass is 9.60. The second-order valence-corrected chi connectivity index (χ2v) is 8.69. The fraction of sp³-hybridized carbons (Fsp3) is 0.600. The number of carbonyl (C=O) groups is 1. The maximum absolute atomic E-state index is 13.9. The molecular formula is C25H32FNO2. The van der Waals surface area contributed by atoms with Crippen LogP contribution in [0.1, 0.15) is 83.1 Å². The topological polar surface area (TPSA) is 50.1 Å². The number of esters is 1. The highest BCUT2D eigenvalue weighted by molar-refractivity contribution is 5.79. The van der Waals surface area contributed by atoms with Gasteiger partial charge in [0.2, 0.25) is 0 Å². The molecule has 0 saturated heterocycles. The largest absolute Gasteiger partial charge is 0.426 e. The van der Waals surface area contributed by atoms with E-state index in [2.05, 4.69) is 19.1 Å². The normalized spacial score (nSPS) is 24.2. The summed E-state index contributed by atoms with van der Waals surface area (Å²) in [5, 5.41) is 8.89. The number of allylic oxidation sites excluding steroid dienone is 2. The number of halogens is 1. The van der Waals surface area contributed by atoms with Gasteiger partial charge in [-0.1, -0.05) is 44.8 Å². The molecule has 0 unspecified atom stereocenters. The molecule has 156 valence electrons. The summed E-state index contributed by atoms with van der Waals surface area (Å²) in [4.78, 5) is 13.3. The van der Waals surface area contributed by atoms with Crippen molar-refractivity contribution in [3.63, 3.8) is 0 Å². The lowest BCUT2D eigenvalue weighted by Gasteiger charge is -2.44. The second-order valence-electron chi connectivity index (χ2n) is 8.69. The molecule has 0 aromatic heterocycles. The summed E-state index contributed by atoms with van der Waals surface area (Å²) in [6.45, 7) is 2.19. The molecular weight excluding hydrogens is 365 g/mol. The Morgan fingerprint density at radius 3 is 2.59 bits per heavy atom. The number of hydrogen-bond donors (Lipinski definition) is 0. The van der Waals surface area contributed by atoms with E-state index in [0.29, 0.717) is 11.8 Å². The molecule has 0 spiro atoms. The van der Waals surface area contributed by atoms with Gasteiger partial charge in [-0.25, -0.2) is 4.39 Å². The van der Waals surface area contributed by atoms with Gasteiger partial charge in [0.25, 0.3) is 0 Å². The SMILES string of the molecule is CCC/C=C/C1CCC(C2(C(=O)Oc3ccc(C#N)c(F)c3)CCCCC2)CC1. The molecule has 0 bridgehead atoms. The number of rotatable bonds is 6. The zero-order chi connectivity index (χ0) is 20.7. The van der Waals surface area contributed by atoms with Crippen LogP contribution in [0, 0.1) is 34.4 Å². The van der Waals surface area contributed by atoms with E-state index in [-0.39, 0.29) is 17.3 Å². The molecule has 0 aliphatic heterocycles. The summed E-state index contributed by atoms with van der Waals surface area (Å²) in [6.07, 6.45) is 16.3. The van der Waals surface area contributed by atoms with Gasteiger partial charge in [-0.2, -0.15) is 5.26 Å². The molecule has 1 aromatic carbocycles. The van der Waals surface area contributed by atoms with Crippen LogP contribution in [0.5, 0.6) is 5.75 Å². The van der Waals surface area contributed by atoms with Gasteiger partial charge < -0.3 is 4.74 Å². The Morgan fingerprint density at radius 1 is 1.24 bits per heavy atom. The molecule has 0 radical (unpaired) electrons. The second kappa shape index (κ2) is 10.1. The molecule has 3 rings (SSSR count). The van der Waals surface area contributed by atoms with Gasteiger partial charge in [-0.05, 0) is 68.9 Å².